The first-order valence-corrected chi connectivity index (χ1v) is 7.76. The largest absolute Gasteiger partial charge is 0.331 e. The van der Waals surface area contributed by atoms with Crippen LogP contribution in [-0.4, -0.2) is 21.7 Å². The lowest BCUT2D eigenvalue weighted by molar-refractivity contribution is 0.364. The molecule has 1 heterocycles. The molecule has 1 fully saturated rings. The molecule has 0 spiro atoms. The minimum Gasteiger partial charge on any atom is -0.312 e. The second-order valence-corrected chi connectivity index (χ2v) is 5.57. The summed E-state index contributed by atoms with van der Waals surface area (Å²) in [4.78, 5) is 24.0. The first kappa shape index (κ1) is 15.0. The standard InChI is InChI=1S/C15H25N3O2/c1-2-10-17-11-8-14(19)18(15(17)20)12-9-16-13-6-4-3-5-7-13/h8,11,13,16H,2-7,9-10,12H2,1H3. The van der Waals surface area contributed by atoms with Crippen LogP contribution in [0.4, 0.5) is 0 Å². The molecule has 1 aliphatic rings. The molecule has 0 unspecified atom stereocenters. The zero-order valence-electron chi connectivity index (χ0n) is 12.3. The molecule has 5 nitrogen and oxygen atoms in total. The Morgan fingerprint density at radius 3 is 2.65 bits per heavy atom. The van der Waals surface area contributed by atoms with E-state index in [0.717, 1.165) is 6.42 Å². The fraction of sp³-hybridized carbons (Fsp3) is 0.733. The number of hydrogen-bond acceptors (Lipinski definition) is 3. The topological polar surface area (TPSA) is 56.0 Å². The van der Waals surface area contributed by atoms with E-state index in [4.69, 9.17) is 0 Å². The van der Waals surface area contributed by atoms with Gasteiger partial charge in [0.05, 0.1) is 0 Å². The summed E-state index contributed by atoms with van der Waals surface area (Å²) >= 11 is 0. The second-order valence-electron chi connectivity index (χ2n) is 5.57. The van der Waals surface area contributed by atoms with Gasteiger partial charge in [-0.25, -0.2) is 4.79 Å². The predicted molar refractivity (Wildman–Crippen MR) is 80.1 cm³/mol. The first-order valence-electron chi connectivity index (χ1n) is 7.76. The zero-order valence-corrected chi connectivity index (χ0v) is 12.3. The van der Waals surface area contributed by atoms with Crippen molar-refractivity contribution in [3.05, 3.63) is 33.1 Å². The van der Waals surface area contributed by atoms with Crippen LogP contribution in [-0.2, 0) is 13.1 Å². The van der Waals surface area contributed by atoms with Gasteiger partial charge in [-0.3, -0.25) is 9.36 Å². The second kappa shape index (κ2) is 7.43. The molecule has 5 heteroatoms. The lowest BCUT2D eigenvalue weighted by atomic mass is 9.95. The van der Waals surface area contributed by atoms with Crippen LogP contribution >= 0.6 is 0 Å². The minimum absolute atomic E-state index is 0.190. The van der Waals surface area contributed by atoms with E-state index in [1.54, 1.807) is 10.8 Å². The van der Waals surface area contributed by atoms with E-state index < -0.39 is 0 Å². The third-order valence-electron chi connectivity index (χ3n) is 3.98. The summed E-state index contributed by atoms with van der Waals surface area (Å²) < 4.78 is 2.95. The van der Waals surface area contributed by atoms with E-state index in [2.05, 4.69) is 5.32 Å². The molecule has 0 amide bonds. The summed E-state index contributed by atoms with van der Waals surface area (Å²) in [5.74, 6) is 0. The Morgan fingerprint density at radius 1 is 1.20 bits per heavy atom. The summed E-state index contributed by atoms with van der Waals surface area (Å²) in [6.45, 7) is 3.83. The van der Waals surface area contributed by atoms with Crippen molar-refractivity contribution < 1.29 is 0 Å². The van der Waals surface area contributed by atoms with Gasteiger partial charge >= 0.3 is 5.69 Å². The number of nitrogens with one attached hydrogen (secondary N) is 1. The Labute approximate surface area is 119 Å². The van der Waals surface area contributed by atoms with E-state index in [-0.39, 0.29) is 11.2 Å². The van der Waals surface area contributed by atoms with Gasteiger partial charge in [0.25, 0.3) is 5.56 Å². The molecule has 1 saturated carbocycles. The van der Waals surface area contributed by atoms with Crippen LogP contribution in [0.15, 0.2) is 21.9 Å². The van der Waals surface area contributed by atoms with E-state index in [1.807, 2.05) is 6.92 Å². The normalized spacial score (nSPS) is 16.4. The zero-order chi connectivity index (χ0) is 14.4. The molecule has 1 aliphatic carbocycles. The third-order valence-corrected chi connectivity index (χ3v) is 3.98. The average Bonchev–Trinajstić information content (AvgIpc) is 2.47. The number of rotatable bonds is 6. The fourth-order valence-corrected chi connectivity index (χ4v) is 2.86. The Kier molecular flexibility index (Phi) is 5.59. The van der Waals surface area contributed by atoms with Gasteiger partial charge in [0.2, 0.25) is 0 Å². The van der Waals surface area contributed by atoms with Crippen LogP contribution in [0.25, 0.3) is 0 Å². The number of hydrogen-bond donors (Lipinski definition) is 1. The Morgan fingerprint density at radius 2 is 1.95 bits per heavy atom. The smallest absolute Gasteiger partial charge is 0.312 e. The summed E-state index contributed by atoms with van der Waals surface area (Å²) in [5, 5.41) is 3.47. The van der Waals surface area contributed by atoms with Gasteiger partial charge in [0.15, 0.2) is 0 Å². The number of aromatic nitrogens is 2. The van der Waals surface area contributed by atoms with Crippen molar-refractivity contribution in [2.24, 2.45) is 0 Å². The molecule has 0 saturated heterocycles. The van der Waals surface area contributed by atoms with Crippen LogP contribution in [0.2, 0.25) is 0 Å². The van der Waals surface area contributed by atoms with Crippen molar-refractivity contribution in [2.45, 2.75) is 64.6 Å². The van der Waals surface area contributed by atoms with Crippen LogP contribution in [0.5, 0.6) is 0 Å². The highest BCUT2D eigenvalue weighted by atomic mass is 16.2. The molecule has 0 atom stereocenters. The van der Waals surface area contributed by atoms with E-state index in [1.165, 1.54) is 42.7 Å². The third kappa shape index (κ3) is 3.82. The summed E-state index contributed by atoms with van der Waals surface area (Å²) in [5.41, 5.74) is -0.391. The Balaban J connectivity index is 1.96. The van der Waals surface area contributed by atoms with E-state index in [0.29, 0.717) is 25.7 Å². The maximum absolute atomic E-state index is 12.2. The lowest BCUT2D eigenvalue weighted by Gasteiger charge is -2.22. The Hall–Kier alpha value is -1.36. The van der Waals surface area contributed by atoms with Crippen LogP contribution < -0.4 is 16.6 Å². The van der Waals surface area contributed by atoms with Crippen molar-refractivity contribution in [3.8, 4) is 0 Å². The fourth-order valence-electron chi connectivity index (χ4n) is 2.86. The molecule has 0 bridgehead atoms. The first-order chi connectivity index (χ1) is 9.72. The highest BCUT2D eigenvalue weighted by Gasteiger charge is 2.12. The van der Waals surface area contributed by atoms with Gasteiger partial charge in [0, 0.05) is 37.9 Å². The van der Waals surface area contributed by atoms with Crippen molar-refractivity contribution >= 4 is 0 Å². The molecule has 0 aromatic carbocycles. The van der Waals surface area contributed by atoms with Gasteiger partial charge < -0.3 is 9.88 Å². The highest BCUT2D eigenvalue weighted by Crippen LogP contribution is 2.16. The maximum atomic E-state index is 12.2. The van der Waals surface area contributed by atoms with E-state index >= 15 is 0 Å². The van der Waals surface area contributed by atoms with Gasteiger partial charge in [-0.1, -0.05) is 26.2 Å². The highest BCUT2D eigenvalue weighted by molar-refractivity contribution is 4.86. The van der Waals surface area contributed by atoms with E-state index in [9.17, 15) is 9.59 Å². The predicted octanol–water partition coefficient (Wildman–Crippen LogP) is 1.34. The van der Waals surface area contributed by atoms with Crippen LogP contribution in [0, 0.1) is 0 Å². The summed E-state index contributed by atoms with van der Waals surface area (Å²) in [6.07, 6.45) is 8.81. The molecule has 2 rings (SSSR count). The number of nitrogens with zero attached hydrogens (tertiary/aromatic N) is 2. The molecular weight excluding hydrogens is 254 g/mol. The van der Waals surface area contributed by atoms with Crippen molar-refractivity contribution in [2.75, 3.05) is 6.54 Å². The molecule has 1 aromatic heterocycles. The quantitative estimate of drug-likeness (QED) is 0.855. The van der Waals surface area contributed by atoms with Gasteiger partial charge in [0.1, 0.15) is 0 Å². The molecular formula is C15H25N3O2. The SMILES string of the molecule is CCCn1ccc(=O)n(CCNC2CCCCC2)c1=O. The average molecular weight is 279 g/mol. The van der Waals surface area contributed by atoms with Crippen molar-refractivity contribution in [1.29, 1.82) is 0 Å². The summed E-state index contributed by atoms with van der Waals surface area (Å²) in [7, 11) is 0. The monoisotopic (exact) mass is 279 g/mol. The molecule has 20 heavy (non-hydrogen) atoms. The van der Waals surface area contributed by atoms with Crippen LogP contribution in [0.1, 0.15) is 45.4 Å². The van der Waals surface area contributed by atoms with Crippen LogP contribution in [0.3, 0.4) is 0 Å². The molecule has 1 N–H and O–H groups in total. The van der Waals surface area contributed by atoms with Gasteiger partial charge in [-0.15, -0.1) is 0 Å². The molecule has 0 radical (unpaired) electrons. The van der Waals surface area contributed by atoms with Gasteiger partial charge in [-0.2, -0.15) is 0 Å². The lowest BCUT2D eigenvalue weighted by Crippen LogP contribution is -2.42. The minimum atomic E-state index is -0.201. The van der Waals surface area contributed by atoms with Crippen molar-refractivity contribution in [3.63, 3.8) is 0 Å². The number of aryl methyl sites for hydroxylation is 1. The maximum Gasteiger partial charge on any atom is 0.331 e. The molecule has 1 aromatic rings. The van der Waals surface area contributed by atoms with Crippen molar-refractivity contribution in [1.82, 2.24) is 14.5 Å². The summed E-state index contributed by atoms with van der Waals surface area (Å²) in [6, 6.07) is 2.04. The molecule has 112 valence electrons. The van der Waals surface area contributed by atoms with Gasteiger partial charge in [-0.05, 0) is 19.3 Å². The molecule has 0 aliphatic heterocycles. The Bertz CT molecular complexity index is 527.